The number of halogens is 3. The van der Waals surface area contributed by atoms with Crippen LogP contribution in [0.3, 0.4) is 0 Å². The van der Waals surface area contributed by atoms with Crippen LogP contribution in [0.1, 0.15) is 25.0 Å². The summed E-state index contributed by atoms with van der Waals surface area (Å²) in [5, 5.41) is 0. The average molecular weight is 275 g/mol. The maximum atomic E-state index is 13.7. The van der Waals surface area contributed by atoms with Crippen molar-refractivity contribution in [3.8, 4) is 0 Å². The second-order valence-corrected chi connectivity index (χ2v) is 4.29. The summed E-state index contributed by atoms with van der Waals surface area (Å²) in [7, 11) is 0. The largest absolute Gasteiger partial charge is 0.461 e. The van der Waals surface area contributed by atoms with E-state index in [9.17, 15) is 18.0 Å². The van der Waals surface area contributed by atoms with Crippen LogP contribution in [-0.2, 0) is 21.9 Å². The third-order valence-corrected chi connectivity index (χ3v) is 2.46. The van der Waals surface area contributed by atoms with E-state index < -0.39 is 23.3 Å². The molecule has 0 aliphatic carbocycles. The summed E-state index contributed by atoms with van der Waals surface area (Å²) < 4.78 is 45.2. The number of carbonyl (C=O) groups excluding carboxylic acids is 1. The first-order valence-corrected chi connectivity index (χ1v) is 5.88. The molecule has 1 unspecified atom stereocenters. The van der Waals surface area contributed by atoms with Crippen LogP contribution >= 0.6 is 0 Å². The molecule has 0 aromatic heterocycles. The number of esters is 1. The molecular formula is C13H16F3NO2. The van der Waals surface area contributed by atoms with Gasteiger partial charge in [-0.3, -0.25) is 0 Å². The van der Waals surface area contributed by atoms with Crippen molar-refractivity contribution in [1.82, 2.24) is 0 Å². The lowest BCUT2D eigenvalue weighted by atomic mass is 10.0. The Hall–Kier alpha value is -1.56. The van der Waals surface area contributed by atoms with Crippen LogP contribution < -0.4 is 5.73 Å². The van der Waals surface area contributed by atoms with Crippen molar-refractivity contribution in [3.05, 3.63) is 35.1 Å². The van der Waals surface area contributed by atoms with E-state index in [4.69, 9.17) is 5.73 Å². The minimum Gasteiger partial charge on any atom is -0.461 e. The Labute approximate surface area is 109 Å². The Balaban J connectivity index is 3.04. The van der Waals surface area contributed by atoms with Gasteiger partial charge in [-0.05, 0) is 38.0 Å². The standard InChI is InChI=1S/C13H16F3NO2/c1-3-19-12(18)13(15,16)10-5-4-9(6-8(2)17)7-11(10)14/h4-5,7-8H,3,6,17H2,1-2H3. The number of ether oxygens (including phenoxy) is 1. The van der Waals surface area contributed by atoms with E-state index >= 15 is 0 Å². The highest BCUT2D eigenvalue weighted by atomic mass is 19.3. The number of hydrogen-bond acceptors (Lipinski definition) is 3. The molecule has 0 amide bonds. The van der Waals surface area contributed by atoms with Gasteiger partial charge < -0.3 is 10.5 Å². The molecule has 3 nitrogen and oxygen atoms in total. The molecule has 0 aliphatic rings. The maximum absolute atomic E-state index is 13.7. The van der Waals surface area contributed by atoms with Gasteiger partial charge in [-0.25, -0.2) is 9.18 Å². The lowest BCUT2D eigenvalue weighted by Gasteiger charge is -2.16. The Morgan fingerprint density at radius 3 is 2.58 bits per heavy atom. The second kappa shape index (κ2) is 6.06. The van der Waals surface area contributed by atoms with Crippen LogP contribution in [-0.4, -0.2) is 18.6 Å². The van der Waals surface area contributed by atoms with Crippen molar-refractivity contribution in [3.63, 3.8) is 0 Å². The van der Waals surface area contributed by atoms with Gasteiger partial charge >= 0.3 is 11.9 Å². The molecule has 0 bridgehead atoms. The molecule has 2 N–H and O–H groups in total. The van der Waals surface area contributed by atoms with Gasteiger partial charge in [0.1, 0.15) is 5.82 Å². The van der Waals surface area contributed by atoms with Crippen LogP contribution in [0.2, 0.25) is 0 Å². The first-order valence-electron chi connectivity index (χ1n) is 5.88. The van der Waals surface area contributed by atoms with Gasteiger partial charge in [0.2, 0.25) is 0 Å². The molecule has 0 radical (unpaired) electrons. The summed E-state index contributed by atoms with van der Waals surface area (Å²) in [6.07, 6.45) is 0.363. The quantitative estimate of drug-likeness (QED) is 0.839. The number of carbonyl (C=O) groups is 1. The Bertz CT molecular complexity index is 461. The number of rotatable bonds is 5. The Morgan fingerprint density at radius 2 is 2.11 bits per heavy atom. The lowest BCUT2D eigenvalue weighted by Crippen LogP contribution is -2.29. The molecule has 1 aromatic carbocycles. The third-order valence-electron chi connectivity index (χ3n) is 2.46. The molecule has 0 fully saturated rings. The van der Waals surface area contributed by atoms with E-state index in [-0.39, 0.29) is 12.6 Å². The summed E-state index contributed by atoms with van der Waals surface area (Å²) in [5.74, 6) is -6.89. The number of alkyl halides is 2. The maximum Gasteiger partial charge on any atom is 0.382 e. The van der Waals surface area contributed by atoms with Crippen LogP contribution in [0.15, 0.2) is 18.2 Å². The van der Waals surface area contributed by atoms with Gasteiger partial charge in [-0.2, -0.15) is 8.78 Å². The predicted octanol–water partition coefficient (Wildman–Crippen LogP) is 2.37. The summed E-state index contributed by atoms with van der Waals surface area (Å²) >= 11 is 0. The minimum absolute atomic E-state index is 0.196. The number of nitrogens with two attached hydrogens (primary N) is 1. The predicted molar refractivity (Wildman–Crippen MR) is 64.3 cm³/mol. The average Bonchev–Trinajstić information content (AvgIpc) is 2.28. The van der Waals surface area contributed by atoms with E-state index in [0.717, 1.165) is 12.1 Å². The van der Waals surface area contributed by atoms with E-state index in [2.05, 4.69) is 4.74 Å². The molecule has 106 valence electrons. The van der Waals surface area contributed by atoms with Gasteiger partial charge in [0.25, 0.3) is 0 Å². The highest BCUT2D eigenvalue weighted by molar-refractivity contribution is 5.79. The minimum atomic E-state index is -3.99. The van der Waals surface area contributed by atoms with E-state index in [1.165, 1.54) is 13.0 Å². The molecule has 6 heteroatoms. The molecule has 0 saturated carbocycles. The molecular weight excluding hydrogens is 259 g/mol. The fourth-order valence-corrected chi connectivity index (χ4v) is 1.64. The van der Waals surface area contributed by atoms with Crippen LogP contribution in [0.4, 0.5) is 13.2 Å². The Morgan fingerprint density at radius 1 is 1.47 bits per heavy atom. The zero-order chi connectivity index (χ0) is 14.6. The zero-order valence-electron chi connectivity index (χ0n) is 10.8. The van der Waals surface area contributed by atoms with E-state index in [0.29, 0.717) is 12.0 Å². The highest BCUT2D eigenvalue weighted by Crippen LogP contribution is 2.32. The van der Waals surface area contributed by atoms with E-state index in [1.54, 1.807) is 6.92 Å². The molecule has 0 heterocycles. The summed E-state index contributed by atoms with van der Waals surface area (Å²) in [6, 6.07) is 2.97. The fourth-order valence-electron chi connectivity index (χ4n) is 1.64. The summed E-state index contributed by atoms with van der Waals surface area (Å²) in [5.41, 5.74) is 5.05. The fraction of sp³-hybridized carbons (Fsp3) is 0.462. The van der Waals surface area contributed by atoms with Gasteiger partial charge in [-0.15, -0.1) is 0 Å². The van der Waals surface area contributed by atoms with Crippen molar-refractivity contribution >= 4 is 5.97 Å². The first-order chi connectivity index (χ1) is 8.78. The van der Waals surface area contributed by atoms with Crippen molar-refractivity contribution in [1.29, 1.82) is 0 Å². The smallest absolute Gasteiger partial charge is 0.382 e. The molecule has 1 atom stereocenters. The van der Waals surface area contributed by atoms with Gasteiger partial charge in [0.05, 0.1) is 12.2 Å². The first kappa shape index (κ1) is 15.5. The molecule has 0 spiro atoms. The number of hydrogen-bond donors (Lipinski definition) is 1. The zero-order valence-corrected chi connectivity index (χ0v) is 10.8. The topological polar surface area (TPSA) is 52.3 Å². The lowest BCUT2D eigenvalue weighted by molar-refractivity contribution is -0.173. The van der Waals surface area contributed by atoms with Gasteiger partial charge in [-0.1, -0.05) is 6.07 Å². The van der Waals surface area contributed by atoms with Crippen molar-refractivity contribution in [2.75, 3.05) is 6.61 Å². The normalized spacial score (nSPS) is 13.2. The van der Waals surface area contributed by atoms with Gasteiger partial charge in [0.15, 0.2) is 0 Å². The van der Waals surface area contributed by atoms with Crippen LogP contribution in [0.25, 0.3) is 0 Å². The second-order valence-electron chi connectivity index (χ2n) is 4.29. The summed E-state index contributed by atoms with van der Waals surface area (Å²) in [6.45, 7) is 2.92. The Kier molecular flexibility index (Phi) is 4.94. The van der Waals surface area contributed by atoms with Crippen LogP contribution in [0, 0.1) is 5.82 Å². The molecule has 1 aromatic rings. The molecule has 19 heavy (non-hydrogen) atoms. The van der Waals surface area contributed by atoms with Crippen molar-refractivity contribution in [2.24, 2.45) is 5.73 Å². The van der Waals surface area contributed by atoms with Crippen LogP contribution in [0.5, 0.6) is 0 Å². The molecule has 0 aliphatic heterocycles. The van der Waals surface area contributed by atoms with Gasteiger partial charge in [0, 0.05) is 6.04 Å². The van der Waals surface area contributed by atoms with Crippen molar-refractivity contribution < 1.29 is 22.7 Å². The SMILES string of the molecule is CCOC(=O)C(F)(F)c1ccc(CC(C)N)cc1F. The van der Waals surface area contributed by atoms with E-state index in [1.807, 2.05) is 0 Å². The number of benzene rings is 1. The summed E-state index contributed by atoms with van der Waals surface area (Å²) in [4.78, 5) is 11.1. The monoisotopic (exact) mass is 275 g/mol. The molecule has 1 rings (SSSR count). The third kappa shape index (κ3) is 3.70. The molecule has 0 saturated heterocycles. The highest BCUT2D eigenvalue weighted by Gasteiger charge is 2.44. The van der Waals surface area contributed by atoms with Crippen molar-refractivity contribution in [2.45, 2.75) is 32.2 Å².